The van der Waals surface area contributed by atoms with Gasteiger partial charge in [0.25, 0.3) is 0 Å². The van der Waals surface area contributed by atoms with Gasteiger partial charge in [-0.3, -0.25) is 4.79 Å². The third-order valence-corrected chi connectivity index (χ3v) is 4.35. The summed E-state index contributed by atoms with van der Waals surface area (Å²) >= 11 is 0. The van der Waals surface area contributed by atoms with E-state index < -0.39 is 5.97 Å². The lowest BCUT2D eigenvalue weighted by atomic mass is 9.70. The first-order chi connectivity index (χ1) is 8.48. The van der Waals surface area contributed by atoms with Crippen LogP contribution < -0.4 is 10.6 Å². The number of aliphatic carboxylic acids is 1. The van der Waals surface area contributed by atoms with Crippen LogP contribution in [-0.2, 0) is 4.79 Å². The van der Waals surface area contributed by atoms with Crippen molar-refractivity contribution < 1.29 is 14.7 Å². The van der Waals surface area contributed by atoms with Gasteiger partial charge in [-0.1, -0.05) is 13.3 Å². The third-order valence-electron chi connectivity index (χ3n) is 4.35. The number of urea groups is 1. The van der Waals surface area contributed by atoms with Crippen LogP contribution in [0.3, 0.4) is 0 Å². The molecule has 0 aliphatic heterocycles. The maximum Gasteiger partial charge on any atom is 0.315 e. The molecular formula is C13H22N2O3. The number of carbonyl (C=O) groups is 2. The van der Waals surface area contributed by atoms with Crippen molar-refractivity contribution in [3.8, 4) is 0 Å². The molecule has 0 saturated heterocycles. The molecule has 102 valence electrons. The summed E-state index contributed by atoms with van der Waals surface area (Å²) < 4.78 is 0. The Hall–Kier alpha value is -1.26. The second-order valence-electron chi connectivity index (χ2n) is 6.04. The molecule has 2 atom stereocenters. The van der Waals surface area contributed by atoms with Crippen LogP contribution in [0.15, 0.2) is 0 Å². The minimum Gasteiger partial charge on any atom is -0.481 e. The summed E-state index contributed by atoms with van der Waals surface area (Å²) in [6.45, 7) is 2.90. The fourth-order valence-electron chi connectivity index (χ4n) is 2.82. The van der Waals surface area contributed by atoms with Crippen LogP contribution in [0.25, 0.3) is 0 Å². The smallest absolute Gasteiger partial charge is 0.315 e. The van der Waals surface area contributed by atoms with E-state index in [4.69, 9.17) is 5.11 Å². The molecule has 0 aromatic carbocycles. The van der Waals surface area contributed by atoms with Gasteiger partial charge in [0, 0.05) is 12.6 Å². The zero-order chi connectivity index (χ0) is 13.2. The summed E-state index contributed by atoms with van der Waals surface area (Å²) in [6.07, 6.45) is 5.60. The van der Waals surface area contributed by atoms with Crippen LogP contribution in [0.5, 0.6) is 0 Å². The maximum absolute atomic E-state index is 11.7. The lowest BCUT2D eigenvalue weighted by molar-refractivity contribution is -0.141. The molecule has 0 bridgehead atoms. The second-order valence-corrected chi connectivity index (χ2v) is 6.04. The number of carbonyl (C=O) groups excluding carboxylic acids is 1. The molecule has 18 heavy (non-hydrogen) atoms. The van der Waals surface area contributed by atoms with Crippen molar-refractivity contribution in [2.24, 2.45) is 11.3 Å². The van der Waals surface area contributed by atoms with Crippen molar-refractivity contribution in [3.63, 3.8) is 0 Å². The molecule has 5 nitrogen and oxygen atoms in total. The zero-order valence-electron chi connectivity index (χ0n) is 10.9. The normalized spacial score (nSPS) is 29.4. The van der Waals surface area contributed by atoms with Crippen molar-refractivity contribution in [1.29, 1.82) is 0 Å². The number of hydrogen-bond acceptors (Lipinski definition) is 2. The van der Waals surface area contributed by atoms with E-state index in [0.717, 1.165) is 6.42 Å². The predicted molar refractivity (Wildman–Crippen MR) is 67.3 cm³/mol. The van der Waals surface area contributed by atoms with E-state index >= 15 is 0 Å². The Balaban J connectivity index is 1.67. The van der Waals surface area contributed by atoms with Gasteiger partial charge in [0.15, 0.2) is 0 Å². The average molecular weight is 254 g/mol. The van der Waals surface area contributed by atoms with E-state index in [9.17, 15) is 9.59 Å². The summed E-state index contributed by atoms with van der Waals surface area (Å²) in [5, 5.41) is 14.7. The van der Waals surface area contributed by atoms with E-state index in [0.29, 0.717) is 19.4 Å². The van der Waals surface area contributed by atoms with Gasteiger partial charge in [-0.25, -0.2) is 4.79 Å². The van der Waals surface area contributed by atoms with E-state index in [1.165, 1.54) is 19.3 Å². The first-order valence-corrected chi connectivity index (χ1v) is 6.76. The maximum atomic E-state index is 11.7. The molecule has 2 amide bonds. The van der Waals surface area contributed by atoms with Crippen molar-refractivity contribution in [2.75, 3.05) is 6.54 Å². The van der Waals surface area contributed by atoms with Crippen LogP contribution >= 0.6 is 0 Å². The Morgan fingerprint density at radius 3 is 2.56 bits per heavy atom. The Kier molecular flexibility index (Phi) is 3.78. The van der Waals surface area contributed by atoms with Gasteiger partial charge in [-0.15, -0.1) is 0 Å². The molecule has 0 heterocycles. The Bertz CT molecular complexity index is 339. The number of nitrogens with one attached hydrogen (secondary N) is 2. The largest absolute Gasteiger partial charge is 0.481 e. The molecule has 5 heteroatoms. The van der Waals surface area contributed by atoms with Gasteiger partial charge in [0.2, 0.25) is 0 Å². The predicted octanol–water partition coefficient (Wildman–Crippen LogP) is 1.73. The fourth-order valence-corrected chi connectivity index (χ4v) is 2.82. The van der Waals surface area contributed by atoms with E-state index in [2.05, 4.69) is 17.6 Å². The first-order valence-electron chi connectivity index (χ1n) is 6.76. The quantitative estimate of drug-likeness (QED) is 0.715. The Labute approximate surface area is 107 Å². The number of amides is 2. The van der Waals surface area contributed by atoms with Gasteiger partial charge in [0.1, 0.15) is 0 Å². The molecule has 0 aromatic rings. The third kappa shape index (κ3) is 3.15. The van der Waals surface area contributed by atoms with Crippen LogP contribution in [0, 0.1) is 11.3 Å². The lowest BCUT2D eigenvalue weighted by Crippen LogP contribution is -2.46. The molecule has 2 aliphatic carbocycles. The molecule has 0 radical (unpaired) electrons. The number of hydrogen-bond donors (Lipinski definition) is 3. The molecular weight excluding hydrogens is 232 g/mol. The monoisotopic (exact) mass is 254 g/mol. The van der Waals surface area contributed by atoms with Crippen LogP contribution in [0.4, 0.5) is 4.79 Å². The number of carboxylic acids is 1. The zero-order valence-corrected chi connectivity index (χ0v) is 10.9. The summed E-state index contributed by atoms with van der Waals surface area (Å²) in [6, 6.07) is -0.139. The number of rotatable bonds is 4. The van der Waals surface area contributed by atoms with Gasteiger partial charge < -0.3 is 15.7 Å². The molecule has 0 aromatic heterocycles. The average Bonchev–Trinajstić information content (AvgIpc) is 2.72. The van der Waals surface area contributed by atoms with Crippen molar-refractivity contribution in [3.05, 3.63) is 0 Å². The van der Waals surface area contributed by atoms with Crippen molar-refractivity contribution in [2.45, 2.75) is 51.5 Å². The molecule has 3 N–H and O–H groups in total. The van der Waals surface area contributed by atoms with Gasteiger partial charge in [-0.05, 0) is 37.5 Å². The van der Waals surface area contributed by atoms with Gasteiger partial charge in [-0.2, -0.15) is 0 Å². The minimum atomic E-state index is -0.748. The molecule has 2 saturated carbocycles. The Morgan fingerprint density at radius 1 is 1.33 bits per heavy atom. The summed E-state index contributed by atoms with van der Waals surface area (Å²) in [5.74, 6) is -1.04. The highest BCUT2D eigenvalue weighted by atomic mass is 16.4. The summed E-state index contributed by atoms with van der Waals surface area (Å²) in [4.78, 5) is 22.5. The summed E-state index contributed by atoms with van der Waals surface area (Å²) in [5.41, 5.74) is 0.274. The molecule has 2 aliphatic rings. The van der Waals surface area contributed by atoms with Crippen LogP contribution in [0.2, 0.25) is 0 Å². The van der Waals surface area contributed by atoms with E-state index in [-0.39, 0.29) is 23.4 Å². The highest BCUT2D eigenvalue weighted by Gasteiger charge is 2.33. The highest BCUT2D eigenvalue weighted by Crippen LogP contribution is 2.39. The van der Waals surface area contributed by atoms with Gasteiger partial charge in [0.05, 0.1) is 5.92 Å². The minimum absolute atomic E-state index is 0.0142. The SMILES string of the molecule is CC1(CNC(=O)NC2CCC(C(=O)O)C2)CCC1. The molecule has 2 rings (SSSR count). The highest BCUT2D eigenvalue weighted by molar-refractivity contribution is 5.75. The fraction of sp³-hybridized carbons (Fsp3) is 0.846. The van der Waals surface area contributed by atoms with Gasteiger partial charge >= 0.3 is 12.0 Å². The molecule has 2 unspecified atom stereocenters. The summed E-state index contributed by atoms with van der Waals surface area (Å²) in [7, 11) is 0. The van der Waals surface area contributed by atoms with E-state index in [1.54, 1.807) is 0 Å². The molecule has 0 spiro atoms. The molecule has 2 fully saturated rings. The van der Waals surface area contributed by atoms with Crippen LogP contribution in [-0.4, -0.2) is 29.7 Å². The second kappa shape index (κ2) is 5.16. The topological polar surface area (TPSA) is 78.4 Å². The Morgan fingerprint density at radius 2 is 2.06 bits per heavy atom. The lowest BCUT2D eigenvalue weighted by Gasteiger charge is -2.38. The van der Waals surface area contributed by atoms with Crippen molar-refractivity contribution in [1.82, 2.24) is 10.6 Å². The van der Waals surface area contributed by atoms with Crippen molar-refractivity contribution >= 4 is 12.0 Å². The van der Waals surface area contributed by atoms with E-state index in [1.807, 2.05) is 0 Å². The first kappa shape index (κ1) is 13.2. The van der Waals surface area contributed by atoms with Crippen LogP contribution in [0.1, 0.15) is 45.4 Å². The standard InChI is InChI=1S/C13H22N2O3/c1-13(5-2-6-13)8-14-12(18)15-10-4-3-9(7-10)11(16)17/h9-10H,2-8H2,1H3,(H,16,17)(H2,14,15,18). The number of carboxylic acid groups (broad SMARTS) is 1.